The summed E-state index contributed by atoms with van der Waals surface area (Å²) in [6, 6.07) is 6.04. The van der Waals surface area contributed by atoms with Gasteiger partial charge in [0, 0.05) is 12.4 Å². The number of nitrogens with zero attached hydrogens (tertiary/aromatic N) is 1. The molecule has 0 spiro atoms. The van der Waals surface area contributed by atoms with Crippen molar-refractivity contribution in [1.82, 2.24) is 9.97 Å². The minimum atomic E-state index is -0.115. The Kier molecular flexibility index (Phi) is 3.19. The van der Waals surface area contributed by atoms with Gasteiger partial charge >= 0.3 is 0 Å². The molecular formula is C14H14N2O. The summed E-state index contributed by atoms with van der Waals surface area (Å²) in [7, 11) is 0. The zero-order valence-corrected chi connectivity index (χ0v) is 9.90. The van der Waals surface area contributed by atoms with E-state index in [9.17, 15) is 4.79 Å². The molecule has 0 fully saturated rings. The number of hydrogen-bond donors (Lipinski definition) is 1. The van der Waals surface area contributed by atoms with Crippen LogP contribution in [0.15, 0.2) is 36.7 Å². The lowest BCUT2D eigenvalue weighted by atomic mass is 10.0. The van der Waals surface area contributed by atoms with Crippen molar-refractivity contribution in [2.45, 2.75) is 13.8 Å². The topological polar surface area (TPSA) is 45.8 Å². The number of allylic oxidation sites excluding steroid dienone is 1. The molecule has 0 aliphatic heterocycles. The Labute approximate surface area is 100 Å². The number of aromatic amines is 1. The third-order valence-electron chi connectivity index (χ3n) is 2.79. The van der Waals surface area contributed by atoms with Crippen LogP contribution in [0.2, 0.25) is 0 Å². The first-order chi connectivity index (χ1) is 8.18. The molecule has 0 bridgehead atoms. The van der Waals surface area contributed by atoms with Gasteiger partial charge in [0.15, 0.2) is 5.82 Å². The number of aromatic nitrogens is 2. The molecule has 17 heavy (non-hydrogen) atoms. The third-order valence-corrected chi connectivity index (χ3v) is 2.79. The normalized spacial score (nSPS) is 10.9. The number of hydrogen-bond acceptors (Lipinski definition) is 2. The molecule has 1 N–H and O–H groups in total. The Balaban J connectivity index is 2.21. The summed E-state index contributed by atoms with van der Waals surface area (Å²) in [5, 5.41) is 0. The van der Waals surface area contributed by atoms with Crippen LogP contribution in [0.25, 0.3) is 6.08 Å². The predicted molar refractivity (Wildman–Crippen MR) is 67.9 cm³/mol. The highest BCUT2D eigenvalue weighted by Crippen LogP contribution is 2.14. The van der Waals surface area contributed by atoms with Crippen molar-refractivity contribution < 1.29 is 4.79 Å². The molecule has 0 amide bonds. The van der Waals surface area contributed by atoms with Crippen molar-refractivity contribution in [2.75, 3.05) is 0 Å². The Morgan fingerprint density at radius 2 is 2.18 bits per heavy atom. The lowest BCUT2D eigenvalue weighted by Crippen LogP contribution is -1.96. The van der Waals surface area contributed by atoms with E-state index in [0.29, 0.717) is 5.82 Å². The van der Waals surface area contributed by atoms with Gasteiger partial charge in [0.25, 0.3) is 0 Å². The molecule has 86 valence electrons. The maximum atomic E-state index is 11.7. The first-order valence-corrected chi connectivity index (χ1v) is 5.46. The molecule has 0 aliphatic rings. The van der Waals surface area contributed by atoms with Crippen LogP contribution >= 0.6 is 0 Å². The summed E-state index contributed by atoms with van der Waals surface area (Å²) in [6.07, 6.45) is 6.58. The van der Waals surface area contributed by atoms with E-state index >= 15 is 0 Å². The molecule has 0 radical (unpaired) electrons. The fraction of sp³-hybridized carbons (Fsp3) is 0.143. The standard InChI is InChI=1S/C14H14N2O/c1-10-4-3-5-12(11(10)2)6-7-13(17)14-15-8-9-16-14/h3-9H,1-2H3,(H,15,16). The zero-order chi connectivity index (χ0) is 12.3. The lowest BCUT2D eigenvalue weighted by Gasteiger charge is -2.03. The first-order valence-electron chi connectivity index (χ1n) is 5.46. The molecule has 0 aliphatic carbocycles. The molecule has 3 nitrogen and oxygen atoms in total. The maximum absolute atomic E-state index is 11.7. The molecule has 3 heteroatoms. The van der Waals surface area contributed by atoms with Crippen molar-refractivity contribution >= 4 is 11.9 Å². The van der Waals surface area contributed by atoms with Crippen molar-refractivity contribution in [3.63, 3.8) is 0 Å². The minimum Gasteiger partial charge on any atom is -0.342 e. The van der Waals surface area contributed by atoms with E-state index in [0.717, 1.165) is 5.56 Å². The average molecular weight is 226 g/mol. The summed E-state index contributed by atoms with van der Waals surface area (Å²) in [5.41, 5.74) is 3.47. The van der Waals surface area contributed by atoms with Crippen LogP contribution in [0.4, 0.5) is 0 Å². The van der Waals surface area contributed by atoms with Gasteiger partial charge in [0.05, 0.1) is 0 Å². The molecule has 1 aromatic heterocycles. The second-order valence-corrected chi connectivity index (χ2v) is 3.92. The average Bonchev–Trinajstić information content (AvgIpc) is 2.84. The second kappa shape index (κ2) is 4.78. The Bertz CT molecular complexity index is 554. The number of benzene rings is 1. The molecular weight excluding hydrogens is 212 g/mol. The van der Waals surface area contributed by atoms with Crippen molar-refractivity contribution in [2.24, 2.45) is 0 Å². The summed E-state index contributed by atoms with van der Waals surface area (Å²) in [6.45, 7) is 4.10. The Hall–Kier alpha value is -2.16. The number of ketones is 1. The van der Waals surface area contributed by atoms with Gasteiger partial charge < -0.3 is 4.98 Å². The second-order valence-electron chi connectivity index (χ2n) is 3.92. The van der Waals surface area contributed by atoms with Gasteiger partial charge in [-0.1, -0.05) is 24.3 Å². The van der Waals surface area contributed by atoms with Crippen LogP contribution in [0.1, 0.15) is 27.3 Å². The SMILES string of the molecule is Cc1cccc(C=CC(=O)c2ncc[nH]2)c1C. The Morgan fingerprint density at radius 1 is 1.35 bits per heavy atom. The molecule has 0 atom stereocenters. The van der Waals surface area contributed by atoms with Crippen LogP contribution in [0, 0.1) is 13.8 Å². The van der Waals surface area contributed by atoms with E-state index in [-0.39, 0.29) is 5.78 Å². The summed E-state index contributed by atoms with van der Waals surface area (Å²) in [5.74, 6) is 0.252. The van der Waals surface area contributed by atoms with Crippen LogP contribution in [-0.4, -0.2) is 15.8 Å². The Morgan fingerprint density at radius 3 is 2.88 bits per heavy atom. The van der Waals surface area contributed by atoms with E-state index in [1.165, 1.54) is 11.1 Å². The summed E-state index contributed by atoms with van der Waals surface area (Å²) >= 11 is 0. The van der Waals surface area contributed by atoms with E-state index in [2.05, 4.69) is 23.0 Å². The van der Waals surface area contributed by atoms with E-state index in [1.54, 1.807) is 18.5 Å². The van der Waals surface area contributed by atoms with Crippen LogP contribution in [-0.2, 0) is 0 Å². The molecule has 0 unspecified atom stereocenters. The van der Waals surface area contributed by atoms with Crippen LogP contribution < -0.4 is 0 Å². The lowest BCUT2D eigenvalue weighted by molar-refractivity contribution is 0.103. The zero-order valence-electron chi connectivity index (χ0n) is 9.90. The van der Waals surface area contributed by atoms with Gasteiger partial charge in [-0.15, -0.1) is 0 Å². The number of carbonyl (C=O) groups excluding carboxylic acids is 1. The molecule has 2 rings (SSSR count). The van der Waals surface area contributed by atoms with Gasteiger partial charge in [-0.2, -0.15) is 0 Å². The van der Waals surface area contributed by atoms with Gasteiger partial charge in [-0.05, 0) is 36.6 Å². The highest BCUT2D eigenvalue weighted by Gasteiger charge is 2.03. The highest BCUT2D eigenvalue weighted by molar-refractivity contribution is 6.04. The molecule has 1 aromatic carbocycles. The fourth-order valence-electron chi connectivity index (χ4n) is 1.60. The highest BCUT2D eigenvalue weighted by atomic mass is 16.1. The van der Waals surface area contributed by atoms with Crippen molar-refractivity contribution in [1.29, 1.82) is 0 Å². The number of aryl methyl sites for hydroxylation is 1. The largest absolute Gasteiger partial charge is 0.342 e. The van der Waals surface area contributed by atoms with Gasteiger partial charge in [-0.25, -0.2) is 4.98 Å². The number of nitrogens with one attached hydrogen (secondary N) is 1. The van der Waals surface area contributed by atoms with E-state index in [4.69, 9.17) is 0 Å². The number of rotatable bonds is 3. The van der Waals surface area contributed by atoms with Crippen molar-refractivity contribution in [3.05, 3.63) is 59.2 Å². The predicted octanol–water partition coefficient (Wildman–Crippen LogP) is 2.92. The molecule has 1 heterocycles. The number of imidazole rings is 1. The molecule has 0 saturated heterocycles. The molecule has 0 saturated carbocycles. The first kappa shape index (κ1) is 11.3. The molecule has 2 aromatic rings. The van der Waals surface area contributed by atoms with Crippen LogP contribution in [0.3, 0.4) is 0 Å². The summed E-state index contributed by atoms with van der Waals surface area (Å²) < 4.78 is 0. The fourth-order valence-corrected chi connectivity index (χ4v) is 1.60. The van der Waals surface area contributed by atoms with Crippen molar-refractivity contribution in [3.8, 4) is 0 Å². The number of H-pyrrole nitrogens is 1. The minimum absolute atomic E-state index is 0.115. The summed E-state index contributed by atoms with van der Waals surface area (Å²) in [4.78, 5) is 18.4. The third kappa shape index (κ3) is 2.50. The number of carbonyl (C=O) groups is 1. The van der Waals surface area contributed by atoms with E-state index < -0.39 is 0 Å². The smallest absolute Gasteiger partial charge is 0.221 e. The van der Waals surface area contributed by atoms with Gasteiger partial charge in [-0.3, -0.25) is 4.79 Å². The van der Waals surface area contributed by atoms with Gasteiger partial charge in [0.2, 0.25) is 5.78 Å². The van der Waals surface area contributed by atoms with Crippen LogP contribution in [0.5, 0.6) is 0 Å². The maximum Gasteiger partial charge on any atom is 0.221 e. The van der Waals surface area contributed by atoms with Gasteiger partial charge in [0.1, 0.15) is 0 Å². The quantitative estimate of drug-likeness (QED) is 0.646. The van der Waals surface area contributed by atoms with E-state index in [1.807, 2.05) is 25.1 Å². The monoisotopic (exact) mass is 226 g/mol.